The monoisotopic (exact) mass is 414 g/mol. The molecular formula is C26H38O4. The molecule has 2 N–H and O–H groups in total. The molecule has 0 saturated carbocycles. The summed E-state index contributed by atoms with van der Waals surface area (Å²) in [7, 11) is 0. The molecule has 0 unspecified atom stereocenters. The summed E-state index contributed by atoms with van der Waals surface area (Å²) in [5, 5.41) is 19.2. The van der Waals surface area contributed by atoms with Crippen molar-refractivity contribution in [3.05, 3.63) is 47.5 Å². The van der Waals surface area contributed by atoms with E-state index in [1.165, 1.54) is 51.4 Å². The van der Waals surface area contributed by atoms with Crippen LogP contribution in [0.15, 0.2) is 36.4 Å². The summed E-state index contributed by atoms with van der Waals surface area (Å²) in [6.07, 6.45) is 12.3. The Balaban J connectivity index is 1.35. The van der Waals surface area contributed by atoms with Gasteiger partial charge in [-0.25, -0.2) is 0 Å². The predicted molar refractivity (Wildman–Crippen MR) is 123 cm³/mol. The maximum absolute atomic E-state index is 9.68. The molecule has 0 aliphatic rings. The van der Waals surface area contributed by atoms with Crippen LogP contribution in [-0.2, 0) is 0 Å². The standard InChI is InChI=1S/C26H38O4/c1-21-14-16-24(20-25(21)28)29-17-11-9-7-5-3-4-6-8-10-12-18-30-26-19-23(27)15-13-22(26)2/h13-16,19-20,27-28H,3-12,17-18H2,1-2H3. The van der Waals surface area contributed by atoms with Crippen LogP contribution in [0, 0.1) is 13.8 Å². The van der Waals surface area contributed by atoms with E-state index in [0.29, 0.717) is 19.0 Å². The second kappa shape index (κ2) is 13.8. The summed E-state index contributed by atoms with van der Waals surface area (Å²) in [4.78, 5) is 0. The van der Waals surface area contributed by atoms with Gasteiger partial charge in [0.15, 0.2) is 0 Å². The first kappa shape index (κ1) is 23.9. The highest BCUT2D eigenvalue weighted by Crippen LogP contribution is 2.24. The lowest BCUT2D eigenvalue weighted by molar-refractivity contribution is 0.300. The van der Waals surface area contributed by atoms with Gasteiger partial charge in [-0.05, 0) is 49.9 Å². The normalized spacial score (nSPS) is 10.9. The first-order chi connectivity index (χ1) is 14.6. The van der Waals surface area contributed by atoms with Crippen LogP contribution in [0.5, 0.6) is 23.0 Å². The molecule has 0 spiro atoms. The number of aryl methyl sites for hydroxylation is 2. The molecule has 4 heteroatoms. The fourth-order valence-electron chi connectivity index (χ4n) is 3.41. The molecule has 4 nitrogen and oxygen atoms in total. The van der Waals surface area contributed by atoms with Crippen molar-refractivity contribution in [1.82, 2.24) is 0 Å². The summed E-state index contributed by atoms with van der Waals surface area (Å²) >= 11 is 0. The average molecular weight is 415 g/mol. The molecule has 2 aromatic carbocycles. The van der Waals surface area contributed by atoms with Crippen molar-refractivity contribution in [2.45, 2.75) is 78.1 Å². The van der Waals surface area contributed by atoms with Crippen LogP contribution in [0.3, 0.4) is 0 Å². The van der Waals surface area contributed by atoms with Gasteiger partial charge in [0.25, 0.3) is 0 Å². The van der Waals surface area contributed by atoms with Gasteiger partial charge in [0.2, 0.25) is 0 Å². The summed E-state index contributed by atoms with van der Waals surface area (Å²) in [5.41, 5.74) is 1.94. The summed E-state index contributed by atoms with van der Waals surface area (Å²) in [6, 6.07) is 10.7. The van der Waals surface area contributed by atoms with Gasteiger partial charge in [0.1, 0.15) is 23.0 Å². The van der Waals surface area contributed by atoms with Crippen molar-refractivity contribution in [3.8, 4) is 23.0 Å². The van der Waals surface area contributed by atoms with Gasteiger partial charge in [-0.15, -0.1) is 0 Å². The molecule has 0 aliphatic heterocycles. The molecule has 0 saturated heterocycles. The van der Waals surface area contributed by atoms with Gasteiger partial charge in [-0.1, -0.05) is 63.5 Å². The van der Waals surface area contributed by atoms with Crippen LogP contribution in [0.2, 0.25) is 0 Å². The van der Waals surface area contributed by atoms with Crippen LogP contribution in [-0.4, -0.2) is 23.4 Å². The Morgan fingerprint density at radius 3 is 1.73 bits per heavy atom. The maximum Gasteiger partial charge on any atom is 0.125 e. The predicted octanol–water partition coefficient (Wildman–Crippen LogP) is 7.07. The van der Waals surface area contributed by atoms with E-state index in [0.717, 1.165) is 35.5 Å². The molecule has 2 aromatic rings. The molecule has 0 fully saturated rings. The number of unbranched alkanes of at least 4 members (excludes halogenated alkanes) is 9. The van der Waals surface area contributed by atoms with E-state index in [1.54, 1.807) is 18.2 Å². The largest absolute Gasteiger partial charge is 0.508 e. The third-order valence-electron chi connectivity index (χ3n) is 5.42. The summed E-state index contributed by atoms with van der Waals surface area (Å²) in [6.45, 7) is 5.31. The van der Waals surface area contributed by atoms with Crippen molar-refractivity contribution < 1.29 is 19.7 Å². The van der Waals surface area contributed by atoms with Crippen molar-refractivity contribution in [3.63, 3.8) is 0 Å². The Morgan fingerprint density at radius 2 is 1.13 bits per heavy atom. The first-order valence-corrected chi connectivity index (χ1v) is 11.4. The molecule has 166 valence electrons. The second-order valence-corrected chi connectivity index (χ2v) is 8.13. The highest BCUT2D eigenvalue weighted by atomic mass is 16.5. The maximum atomic E-state index is 9.68. The van der Waals surface area contributed by atoms with Crippen LogP contribution in [0.4, 0.5) is 0 Å². The highest BCUT2D eigenvalue weighted by molar-refractivity contribution is 5.39. The SMILES string of the molecule is Cc1ccc(OCCCCCCCCCCCCOc2cc(O)ccc2C)cc1O. The second-order valence-electron chi connectivity index (χ2n) is 8.13. The molecular weight excluding hydrogens is 376 g/mol. The third kappa shape index (κ3) is 9.43. The van der Waals surface area contributed by atoms with Gasteiger partial charge in [-0.3, -0.25) is 0 Å². The van der Waals surface area contributed by atoms with E-state index < -0.39 is 0 Å². The van der Waals surface area contributed by atoms with Gasteiger partial charge in [-0.2, -0.15) is 0 Å². The number of hydrogen-bond donors (Lipinski definition) is 2. The zero-order chi connectivity index (χ0) is 21.6. The minimum atomic E-state index is 0.259. The number of phenolic OH excluding ortho intramolecular Hbond substituents is 2. The molecule has 2 rings (SSSR count). The number of hydrogen-bond acceptors (Lipinski definition) is 4. The van der Waals surface area contributed by atoms with Crippen molar-refractivity contribution in [2.24, 2.45) is 0 Å². The number of phenols is 2. The van der Waals surface area contributed by atoms with Crippen LogP contribution in [0.25, 0.3) is 0 Å². The van der Waals surface area contributed by atoms with Crippen LogP contribution < -0.4 is 9.47 Å². The molecule has 0 aromatic heterocycles. The Hall–Kier alpha value is -2.36. The fraction of sp³-hybridized carbons (Fsp3) is 0.538. The lowest BCUT2D eigenvalue weighted by Gasteiger charge is -2.09. The Labute approximate surface area is 181 Å². The van der Waals surface area contributed by atoms with Gasteiger partial charge >= 0.3 is 0 Å². The topological polar surface area (TPSA) is 58.9 Å². The fourth-order valence-corrected chi connectivity index (χ4v) is 3.41. The van der Waals surface area contributed by atoms with E-state index in [9.17, 15) is 10.2 Å². The zero-order valence-electron chi connectivity index (χ0n) is 18.7. The molecule has 0 heterocycles. The number of aromatic hydroxyl groups is 2. The average Bonchev–Trinajstić information content (AvgIpc) is 2.73. The van der Waals surface area contributed by atoms with E-state index in [-0.39, 0.29) is 5.75 Å². The van der Waals surface area contributed by atoms with E-state index in [1.807, 2.05) is 32.0 Å². The van der Waals surface area contributed by atoms with Crippen molar-refractivity contribution in [2.75, 3.05) is 13.2 Å². The van der Waals surface area contributed by atoms with E-state index >= 15 is 0 Å². The molecule has 0 aliphatic carbocycles. The summed E-state index contributed by atoms with van der Waals surface area (Å²) < 4.78 is 11.5. The molecule has 0 amide bonds. The quantitative estimate of drug-likeness (QED) is 0.306. The number of ether oxygens (including phenoxy) is 2. The minimum absolute atomic E-state index is 0.259. The van der Waals surface area contributed by atoms with Crippen molar-refractivity contribution in [1.29, 1.82) is 0 Å². The van der Waals surface area contributed by atoms with Crippen molar-refractivity contribution >= 4 is 0 Å². The van der Waals surface area contributed by atoms with Crippen LogP contribution in [0.1, 0.15) is 75.3 Å². The summed E-state index contributed by atoms with van der Waals surface area (Å²) in [5.74, 6) is 2.10. The van der Waals surface area contributed by atoms with E-state index in [4.69, 9.17) is 9.47 Å². The van der Waals surface area contributed by atoms with E-state index in [2.05, 4.69) is 0 Å². The molecule has 0 radical (unpaired) electrons. The lowest BCUT2D eigenvalue weighted by atomic mass is 10.1. The Morgan fingerprint density at radius 1 is 0.600 bits per heavy atom. The van der Waals surface area contributed by atoms with Gasteiger partial charge in [0, 0.05) is 12.1 Å². The number of benzene rings is 2. The third-order valence-corrected chi connectivity index (χ3v) is 5.42. The molecule has 0 atom stereocenters. The van der Waals surface area contributed by atoms with Gasteiger partial charge in [0.05, 0.1) is 13.2 Å². The minimum Gasteiger partial charge on any atom is -0.508 e. The van der Waals surface area contributed by atoms with Crippen LogP contribution >= 0.6 is 0 Å². The van der Waals surface area contributed by atoms with Gasteiger partial charge < -0.3 is 19.7 Å². The smallest absolute Gasteiger partial charge is 0.125 e. The first-order valence-electron chi connectivity index (χ1n) is 11.4. The lowest BCUT2D eigenvalue weighted by Crippen LogP contribution is -1.98. The molecule has 30 heavy (non-hydrogen) atoms. The zero-order valence-corrected chi connectivity index (χ0v) is 18.7. The highest BCUT2D eigenvalue weighted by Gasteiger charge is 2.01. The molecule has 0 bridgehead atoms. The Kier molecular flexibility index (Phi) is 11.0. The Bertz CT molecular complexity index is 742. The number of rotatable bonds is 15.